The molecule has 1 unspecified atom stereocenters. The first-order chi connectivity index (χ1) is 5.97. The Morgan fingerprint density at radius 3 is 2.75 bits per heavy atom. The Morgan fingerprint density at radius 2 is 2.08 bits per heavy atom. The van der Waals surface area contributed by atoms with Crippen molar-refractivity contribution >= 4 is 11.8 Å². The van der Waals surface area contributed by atoms with Crippen LogP contribution in [0.1, 0.15) is 19.3 Å². The van der Waals surface area contributed by atoms with E-state index in [-0.39, 0.29) is 0 Å². The van der Waals surface area contributed by atoms with Gasteiger partial charge in [-0.2, -0.15) is 0 Å². The van der Waals surface area contributed by atoms with Gasteiger partial charge in [0.15, 0.2) is 0 Å². The summed E-state index contributed by atoms with van der Waals surface area (Å²) in [5, 5.41) is 4.32. The molecule has 2 aliphatic heterocycles. The van der Waals surface area contributed by atoms with Crippen LogP contribution in [0.3, 0.4) is 0 Å². The molecule has 1 N–H and O–H groups in total. The van der Waals surface area contributed by atoms with Crippen LogP contribution in [-0.2, 0) is 4.74 Å². The lowest BCUT2D eigenvalue weighted by Gasteiger charge is -2.33. The molecule has 3 heteroatoms. The number of hydrogen-bond donors (Lipinski definition) is 1. The second-order valence-corrected chi connectivity index (χ2v) is 4.80. The van der Waals surface area contributed by atoms with Gasteiger partial charge in [-0.25, -0.2) is 0 Å². The first-order valence-corrected chi connectivity index (χ1v) is 5.94. The minimum absolute atomic E-state index is 0.725. The zero-order valence-electron chi connectivity index (χ0n) is 7.42. The summed E-state index contributed by atoms with van der Waals surface area (Å²) < 4.78 is 5.35. The Bertz CT molecular complexity index is 114. The van der Waals surface area contributed by atoms with E-state index in [9.17, 15) is 0 Å². The highest BCUT2D eigenvalue weighted by Crippen LogP contribution is 2.28. The Balaban J connectivity index is 1.80. The highest BCUT2D eigenvalue weighted by atomic mass is 32.2. The van der Waals surface area contributed by atoms with Crippen LogP contribution < -0.4 is 5.32 Å². The first kappa shape index (κ1) is 8.85. The quantitative estimate of drug-likeness (QED) is 0.671. The van der Waals surface area contributed by atoms with E-state index < -0.39 is 0 Å². The topological polar surface area (TPSA) is 21.3 Å². The van der Waals surface area contributed by atoms with Crippen molar-refractivity contribution in [2.24, 2.45) is 5.92 Å². The molecule has 12 heavy (non-hydrogen) atoms. The van der Waals surface area contributed by atoms with Gasteiger partial charge < -0.3 is 10.1 Å². The second kappa shape index (κ2) is 4.49. The van der Waals surface area contributed by atoms with Gasteiger partial charge in [-0.05, 0) is 37.5 Å². The lowest BCUT2D eigenvalue weighted by atomic mass is 10.00. The van der Waals surface area contributed by atoms with Crippen molar-refractivity contribution in [3.8, 4) is 0 Å². The molecule has 0 amide bonds. The molecule has 0 aliphatic carbocycles. The van der Waals surface area contributed by atoms with Crippen molar-refractivity contribution in [3.05, 3.63) is 0 Å². The number of rotatable bonds is 1. The van der Waals surface area contributed by atoms with E-state index in [1.807, 2.05) is 0 Å². The fourth-order valence-electron chi connectivity index (χ4n) is 1.91. The van der Waals surface area contributed by atoms with E-state index in [2.05, 4.69) is 17.1 Å². The van der Waals surface area contributed by atoms with Gasteiger partial charge in [0.2, 0.25) is 0 Å². The standard InChI is InChI=1S/C9H17NOS/c1-4-10-9(12-7-1)8-2-5-11-6-3-8/h8-10H,1-7H2. The van der Waals surface area contributed by atoms with Gasteiger partial charge in [-0.15, -0.1) is 11.8 Å². The average molecular weight is 187 g/mol. The van der Waals surface area contributed by atoms with Crippen molar-refractivity contribution < 1.29 is 4.74 Å². The van der Waals surface area contributed by atoms with E-state index in [4.69, 9.17) is 4.74 Å². The van der Waals surface area contributed by atoms with Gasteiger partial charge in [0.25, 0.3) is 0 Å². The summed E-state index contributed by atoms with van der Waals surface area (Å²) in [4.78, 5) is 0. The van der Waals surface area contributed by atoms with Crippen molar-refractivity contribution in [3.63, 3.8) is 0 Å². The van der Waals surface area contributed by atoms with Crippen LogP contribution in [0.25, 0.3) is 0 Å². The van der Waals surface area contributed by atoms with Crippen molar-refractivity contribution in [2.45, 2.75) is 24.6 Å². The third-order valence-electron chi connectivity index (χ3n) is 2.66. The van der Waals surface area contributed by atoms with Crippen LogP contribution in [0, 0.1) is 5.92 Å². The molecule has 1 atom stereocenters. The van der Waals surface area contributed by atoms with Crippen LogP contribution in [0.5, 0.6) is 0 Å². The molecular formula is C9H17NOS. The molecule has 0 spiro atoms. The first-order valence-electron chi connectivity index (χ1n) is 4.89. The summed E-state index contributed by atoms with van der Waals surface area (Å²) in [5.74, 6) is 2.21. The van der Waals surface area contributed by atoms with Crippen LogP contribution in [0.15, 0.2) is 0 Å². The molecule has 0 aromatic rings. The number of hydrogen-bond acceptors (Lipinski definition) is 3. The molecule has 2 aliphatic rings. The van der Waals surface area contributed by atoms with Crippen molar-refractivity contribution in [2.75, 3.05) is 25.5 Å². The minimum atomic E-state index is 0.725. The molecular weight excluding hydrogens is 170 g/mol. The summed E-state index contributed by atoms with van der Waals surface area (Å²) in [6, 6.07) is 0. The molecule has 2 saturated heterocycles. The molecule has 0 radical (unpaired) electrons. The Labute approximate surface area is 78.4 Å². The van der Waals surface area contributed by atoms with Crippen molar-refractivity contribution in [1.82, 2.24) is 5.32 Å². The number of ether oxygens (including phenoxy) is 1. The maximum atomic E-state index is 5.35. The maximum Gasteiger partial charge on any atom is 0.0562 e. The predicted molar refractivity (Wildman–Crippen MR) is 52.4 cm³/mol. The molecule has 0 saturated carbocycles. The van der Waals surface area contributed by atoms with Gasteiger partial charge in [0, 0.05) is 13.2 Å². The molecule has 0 bridgehead atoms. The summed E-state index contributed by atoms with van der Waals surface area (Å²) in [6.45, 7) is 3.17. The van der Waals surface area contributed by atoms with Gasteiger partial charge in [0.1, 0.15) is 0 Å². The smallest absolute Gasteiger partial charge is 0.0562 e. The number of thioether (sulfide) groups is 1. The zero-order chi connectivity index (χ0) is 8.23. The third kappa shape index (κ3) is 2.15. The minimum Gasteiger partial charge on any atom is -0.381 e. The monoisotopic (exact) mass is 187 g/mol. The molecule has 2 nitrogen and oxygen atoms in total. The van der Waals surface area contributed by atoms with Gasteiger partial charge in [-0.1, -0.05) is 0 Å². The van der Waals surface area contributed by atoms with Crippen LogP contribution in [-0.4, -0.2) is 30.9 Å². The van der Waals surface area contributed by atoms with Crippen molar-refractivity contribution in [1.29, 1.82) is 0 Å². The van der Waals surface area contributed by atoms with Crippen LogP contribution in [0.2, 0.25) is 0 Å². The SMILES string of the molecule is C1CNC(C2CCOCC2)SC1. The predicted octanol–water partition coefficient (Wildman–Crippen LogP) is 1.47. The van der Waals surface area contributed by atoms with Gasteiger partial charge in [-0.3, -0.25) is 0 Å². The molecule has 2 fully saturated rings. The number of nitrogens with one attached hydrogen (secondary N) is 1. The highest BCUT2D eigenvalue weighted by molar-refractivity contribution is 7.99. The highest BCUT2D eigenvalue weighted by Gasteiger charge is 2.25. The molecule has 0 aromatic heterocycles. The summed E-state index contributed by atoms with van der Waals surface area (Å²) >= 11 is 2.10. The largest absolute Gasteiger partial charge is 0.381 e. The van der Waals surface area contributed by atoms with E-state index in [0.29, 0.717) is 0 Å². The third-order valence-corrected chi connectivity index (χ3v) is 4.09. The zero-order valence-corrected chi connectivity index (χ0v) is 8.24. The van der Waals surface area contributed by atoms with E-state index in [1.165, 1.54) is 31.6 Å². The fourth-order valence-corrected chi connectivity index (χ4v) is 3.25. The molecule has 70 valence electrons. The maximum absolute atomic E-state index is 5.35. The molecule has 0 aromatic carbocycles. The van der Waals surface area contributed by atoms with Crippen LogP contribution >= 0.6 is 11.8 Å². The Morgan fingerprint density at radius 1 is 1.25 bits per heavy atom. The summed E-state index contributed by atoms with van der Waals surface area (Å²) in [7, 11) is 0. The summed E-state index contributed by atoms with van der Waals surface area (Å²) in [5.41, 5.74) is 0. The van der Waals surface area contributed by atoms with Gasteiger partial charge >= 0.3 is 0 Å². The Kier molecular flexibility index (Phi) is 3.31. The lowest BCUT2D eigenvalue weighted by molar-refractivity contribution is 0.0629. The molecule has 2 rings (SSSR count). The summed E-state index contributed by atoms with van der Waals surface area (Å²) in [6.07, 6.45) is 3.85. The Hall–Kier alpha value is 0.270. The van der Waals surface area contributed by atoms with Gasteiger partial charge in [0.05, 0.1) is 5.37 Å². The lowest BCUT2D eigenvalue weighted by Crippen LogP contribution is -2.40. The van der Waals surface area contributed by atoms with E-state index in [1.54, 1.807) is 0 Å². The molecule has 2 heterocycles. The average Bonchev–Trinajstić information content (AvgIpc) is 2.21. The van der Waals surface area contributed by atoms with Crippen LogP contribution in [0.4, 0.5) is 0 Å². The fraction of sp³-hybridized carbons (Fsp3) is 1.00. The van der Waals surface area contributed by atoms with E-state index >= 15 is 0 Å². The normalized spacial score (nSPS) is 33.5. The second-order valence-electron chi connectivity index (χ2n) is 3.55. The van der Waals surface area contributed by atoms with E-state index in [0.717, 1.165) is 24.5 Å².